The maximum Gasteiger partial charge on any atom is 0.221 e. The monoisotopic (exact) mass is 461 g/mol. The third-order valence-electron chi connectivity index (χ3n) is 3.98. The summed E-state index contributed by atoms with van der Waals surface area (Å²) >= 11 is 4.80. The molecule has 1 amide bonds. The van der Waals surface area contributed by atoms with Crippen LogP contribution >= 0.6 is 27.7 Å². The lowest BCUT2D eigenvalue weighted by molar-refractivity contribution is -0.120. The number of aromatic nitrogens is 3. The second-order valence-corrected chi connectivity index (χ2v) is 7.88. The molecule has 0 aliphatic heterocycles. The van der Waals surface area contributed by atoms with Gasteiger partial charge in [-0.3, -0.25) is 4.79 Å². The smallest absolute Gasteiger partial charge is 0.221 e. The van der Waals surface area contributed by atoms with Gasteiger partial charge in [-0.15, -0.1) is 10.2 Å². The number of ether oxygens (including phenoxy) is 1. The van der Waals surface area contributed by atoms with Crippen molar-refractivity contribution in [2.45, 2.75) is 18.1 Å². The van der Waals surface area contributed by atoms with Crippen LogP contribution in [0.15, 0.2) is 58.2 Å². The van der Waals surface area contributed by atoms with Crippen molar-refractivity contribution >= 4 is 33.6 Å². The maximum atomic E-state index is 12.0. The Balaban J connectivity index is 1.46. The number of hydrogen-bond donors (Lipinski definition) is 2. The fourth-order valence-corrected chi connectivity index (χ4v) is 3.50. The summed E-state index contributed by atoms with van der Waals surface area (Å²) in [4.78, 5) is 12.0. The van der Waals surface area contributed by atoms with Crippen molar-refractivity contribution in [2.75, 3.05) is 18.7 Å². The van der Waals surface area contributed by atoms with Gasteiger partial charge in [0.15, 0.2) is 5.82 Å². The fourth-order valence-electron chi connectivity index (χ4n) is 2.44. The highest BCUT2D eigenvalue weighted by molar-refractivity contribution is 9.10. The molecule has 0 saturated carbocycles. The van der Waals surface area contributed by atoms with E-state index in [1.54, 1.807) is 7.11 Å². The summed E-state index contributed by atoms with van der Waals surface area (Å²) in [6.45, 7) is 0.480. The second kappa shape index (κ2) is 9.61. The first-order chi connectivity index (χ1) is 13.6. The minimum absolute atomic E-state index is 0.0282. The van der Waals surface area contributed by atoms with Crippen LogP contribution in [0.1, 0.15) is 12.0 Å². The van der Waals surface area contributed by atoms with Gasteiger partial charge in [-0.2, -0.15) is 0 Å². The Labute approximate surface area is 175 Å². The average Bonchev–Trinajstić information content (AvgIpc) is 3.08. The molecule has 1 heterocycles. The Morgan fingerprint density at radius 3 is 2.57 bits per heavy atom. The van der Waals surface area contributed by atoms with Crippen molar-refractivity contribution in [1.29, 1.82) is 0 Å². The van der Waals surface area contributed by atoms with Crippen molar-refractivity contribution < 1.29 is 9.53 Å². The molecule has 146 valence electrons. The molecule has 3 rings (SSSR count). The molecule has 7 nitrogen and oxygen atoms in total. The molecule has 3 N–H and O–H groups in total. The van der Waals surface area contributed by atoms with E-state index in [9.17, 15) is 4.79 Å². The average molecular weight is 462 g/mol. The van der Waals surface area contributed by atoms with Crippen molar-refractivity contribution in [1.82, 2.24) is 20.2 Å². The predicted molar refractivity (Wildman–Crippen MR) is 113 cm³/mol. The number of amides is 1. The fraction of sp³-hybridized carbons (Fsp3) is 0.211. The number of methoxy groups -OCH3 is 1. The number of nitrogens with one attached hydrogen (secondary N) is 1. The first-order valence-corrected chi connectivity index (χ1v) is 10.3. The summed E-state index contributed by atoms with van der Waals surface area (Å²) < 4.78 is 7.55. The lowest BCUT2D eigenvalue weighted by Gasteiger charge is -2.06. The Hall–Kier alpha value is -2.52. The topological polar surface area (TPSA) is 95.1 Å². The molecule has 0 spiro atoms. The molecule has 9 heteroatoms. The molecule has 28 heavy (non-hydrogen) atoms. The first-order valence-electron chi connectivity index (χ1n) is 8.55. The number of nitrogen functional groups attached to an aromatic ring is 1. The van der Waals surface area contributed by atoms with Crippen LogP contribution in [0.3, 0.4) is 0 Å². The van der Waals surface area contributed by atoms with E-state index >= 15 is 0 Å². The summed E-state index contributed by atoms with van der Waals surface area (Å²) in [5.41, 5.74) is 1.89. The molecule has 1 aromatic heterocycles. The zero-order valence-electron chi connectivity index (χ0n) is 15.3. The Morgan fingerprint density at radius 2 is 1.89 bits per heavy atom. The third-order valence-corrected chi connectivity index (χ3v) is 5.45. The molecular weight excluding hydrogens is 442 g/mol. The SMILES string of the molecule is COc1ccc(CNC(=O)CCSc2nnc(-c3ccc(Br)cc3)n2N)cc1. The molecule has 0 saturated heterocycles. The highest BCUT2D eigenvalue weighted by atomic mass is 79.9. The number of rotatable bonds is 8. The number of thioether (sulfide) groups is 1. The highest BCUT2D eigenvalue weighted by Gasteiger charge is 2.12. The van der Waals surface area contributed by atoms with Crippen LogP contribution in [0.2, 0.25) is 0 Å². The van der Waals surface area contributed by atoms with Crippen molar-refractivity contribution in [2.24, 2.45) is 0 Å². The minimum atomic E-state index is -0.0282. The molecular formula is C19H20BrN5O2S. The predicted octanol–water partition coefficient (Wildman–Crippen LogP) is 3.23. The summed E-state index contributed by atoms with van der Waals surface area (Å²) in [7, 11) is 1.62. The zero-order chi connectivity index (χ0) is 19.9. The number of hydrogen-bond acceptors (Lipinski definition) is 6. The Bertz CT molecular complexity index is 929. The zero-order valence-corrected chi connectivity index (χ0v) is 17.7. The van der Waals surface area contributed by atoms with Crippen LogP contribution in [0.5, 0.6) is 5.75 Å². The molecule has 0 aliphatic carbocycles. The van der Waals surface area contributed by atoms with Gasteiger partial charge in [0.1, 0.15) is 5.75 Å². The number of halogens is 1. The number of carbonyl (C=O) groups is 1. The van der Waals surface area contributed by atoms with Crippen molar-refractivity contribution in [3.63, 3.8) is 0 Å². The molecule has 0 aliphatic rings. The number of nitrogens with zero attached hydrogens (tertiary/aromatic N) is 3. The Kier molecular flexibility index (Phi) is 6.94. The van der Waals surface area contributed by atoms with Crippen LogP contribution in [-0.4, -0.2) is 33.6 Å². The van der Waals surface area contributed by atoms with E-state index in [4.69, 9.17) is 10.6 Å². The van der Waals surface area contributed by atoms with Gasteiger partial charge >= 0.3 is 0 Å². The van der Waals surface area contributed by atoms with E-state index in [0.717, 1.165) is 21.3 Å². The lowest BCUT2D eigenvalue weighted by atomic mass is 10.2. The molecule has 3 aromatic rings. The molecule has 2 aromatic carbocycles. The van der Waals surface area contributed by atoms with Crippen LogP contribution in [0.4, 0.5) is 0 Å². The van der Waals surface area contributed by atoms with E-state index in [0.29, 0.717) is 29.7 Å². The first kappa shape index (κ1) is 20.2. The lowest BCUT2D eigenvalue weighted by Crippen LogP contribution is -2.23. The quantitative estimate of drug-likeness (QED) is 0.394. The van der Waals surface area contributed by atoms with E-state index in [2.05, 4.69) is 31.4 Å². The van der Waals surface area contributed by atoms with E-state index < -0.39 is 0 Å². The van der Waals surface area contributed by atoms with Gasteiger partial charge in [0, 0.05) is 28.8 Å². The van der Waals surface area contributed by atoms with E-state index in [-0.39, 0.29) is 5.91 Å². The van der Waals surface area contributed by atoms with Crippen molar-refractivity contribution in [3.8, 4) is 17.1 Å². The molecule has 0 bridgehead atoms. The van der Waals surface area contributed by atoms with Crippen LogP contribution < -0.4 is 15.9 Å². The van der Waals surface area contributed by atoms with Gasteiger partial charge in [-0.05, 0) is 29.8 Å². The summed E-state index contributed by atoms with van der Waals surface area (Å²) in [5, 5.41) is 11.7. The van der Waals surface area contributed by atoms with Crippen LogP contribution in [0, 0.1) is 0 Å². The number of benzene rings is 2. The number of nitrogens with two attached hydrogens (primary N) is 1. The molecule has 0 unspecified atom stereocenters. The van der Waals surface area contributed by atoms with Gasteiger partial charge < -0.3 is 15.9 Å². The Morgan fingerprint density at radius 1 is 1.18 bits per heavy atom. The second-order valence-electron chi connectivity index (χ2n) is 5.91. The van der Waals surface area contributed by atoms with E-state index in [1.807, 2.05) is 48.5 Å². The standard InChI is InChI=1S/C19H20BrN5O2S/c1-27-16-8-2-13(3-9-16)12-22-17(26)10-11-28-19-24-23-18(25(19)21)14-4-6-15(20)7-5-14/h2-9H,10-12,21H2,1H3,(H,22,26). The maximum absolute atomic E-state index is 12.0. The van der Waals surface area contributed by atoms with Gasteiger partial charge in [0.2, 0.25) is 11.1 Å². The molecule has 0 fully saturated rings. The van der Waals surface area contributed by atoms with E-state index in [1.165, 1.54) is 16.4 Å². The van der Waals surface area contributed by atoms with Gasteiger partial charge in [0.25, 0.3) is 0 Å². The van der Waals surface area contributed by atoms with Crippen LogP contribution in [0.25, 0.3) is 11.4 Å². The molecule has 0 atom stereocenters. The largest absolute Gasteiger partial charge is 0.497 e. The third kappa shape index (κ3) is 5.26. The van der Waals surface area contributed by atoms with Gasteiger partial charge in [0.05, 0.1) is 7.11 Å². The summed E-state index contributed by atoms with van der Waals surface area (Å²) in [6.07, 6.45) is 0.362. The highest BCUT2D eigenvalue weighted by Crippen LogP contribution is 2.23. The van der Waals surface area contributed by atoms with Gasteiger partial charge in [-0.25, -0.2) is 4.68 Å². The van der Waals surface area contributed by atoms with Crippen molar-refractivity contribution in [3.05, 3.63) is 58.6 Å². The molecule has 0 radical (unpaired) electrons. The minimum Gasteiger partial charge on any atom is -0.497 e. The van der Waals surface area contributed by atoms with Crippen LogP contribution in [-0.2, 0) is 11.3 Å². The number of carbonyl (C=O) groups excluding carboxylic acids is 1. The van der Waals surface area contributed by atoms with Gasteiger partial charge in [-0.1, -0.05) is 52.0 Å². The normalized spacial score (nSPS) is 10.6. The summed E-state index contributed by atoms with van der Waals surface area (Å²) in [6, 6.07) is 15.3. The summed E-state index contributed by atoms with van der Waals surface area (Å²) in [5.74, 6) is 8.00.